The molecule has 0 aliphatic heterocycles. The number of ketones is 1. The van der Waals surface area contributed by atoms with Gasteiger partial charge in [0.05, 0.1) is 24.3 Å². The molecule has 4 rings (SSSR count). The maximum atomic E-state index is 13.3. The molecule has 0 amide bonds. The van der Waals surface area contributed by atoms with E-state index in [0.717, 1.165) is 5.39 Å². The summed E-state index contributed by atoms with van der Waals surface area (Å²) in [7, 11) is 1.50. The Kier molecular flexibility index (Phi) is 7.12. The zero-order valence-corrected chi connectivity index (χ0v) is 19.6. The number of halogens is 2. The van der Waals surface area contributed by atoms with Gasteiger partial charge in [0.25, 0.3) is 0 Å². The monoisotopic (exact) mass is 494 g/mol. The Morgan fingerprint density at radius 1 is 1.00 bits per heavy atom. The average molecular weight is 495 g/mol. The van der Waals surface area contributed by atoms with Crippen molar-refractivity contribution < 1.29 is 19.7 Å². The first-order valence-corrected chi connectivity index (χ1v) is 11.1. The lowest BCUT2D eigenvalue weighted by atomic mass is 9.96. The van der Waals surface area contributed by atoms with Crippen LogP contribution in [0.25, 0.3) is 10.8 Å². The summed E-state index contributed by atoms with van der Waals surface area (Å²) < 4.78 is 5.37. The third-order valence-electron chi connectivity index (χ3n) is 5.35. The normalized spacial score (nSPS) is 11.3. The Labute approximate surface area is 206 Å². The Bertz CT molecular complexity index is 1420. The number of rotatable bonds is 7. The molecule has 0 aliphatic carbocycles. The maximum absolute atomic E-state index is 13.3. The molecular weight excluding hydrogens is 475 g/mol. The van der Waals surface area contributed by atoms with E-state index >= 15 is 0 Å². The third-order valence-corrected chi connectivity index (χ3v) is 5.90. The van der Waals surface area contributed by atoms with Crippen LogP contribution in [0.2, 0.25) is 10.0 Å². The maximum Gasteiger partial charge on any atom is 0.171 e. The topological polar surface area (TPSA) is 91.5 Å². The van der Waals surface area contributed by atoms with Gasteiger partial charge in [-0.15, -0.1) is 10.2 Å². The van der Waals surface area contributed by atoms with Gasteiger partial charge in [-0.2, -0.15) is 0 Å². The van der Waals surface area contributed by atoms with Gasteiger partial charge in [-0.1, -0.05) is 59.6 Å². The zero-order chi connectivity index (χ0) is 24.2. The number of phenolic OH excluding ortho intramolecular Hbond substituents is 1. The number of nitrogens with zero attached hydrogens (tertiary/aromatic N) is 2. The van der Waals surface area contributed by atoms with Crippen LogP contribution in [0.3, 0.4) is 0 Å². The number of benzene rings is 4. The minimum atomic E-state index is -0.324. The first-order chi connectivity index (χ1) is 16.4. The number of ether oxygens (including phenoxy) is 1. The lowest BCUT2D eigenvalue weighted by molar-refractivity contribution is 0.0989. The second-order valence-electron chi connectivity index (χ2n) is 7.54. The van der Waals surface area contributed by atoms with Gasteiger partial charge in [-0.25, -0.2) is 0 Å². The van der Waals surface area contributed by atoms with Crippen LogP contribution >= 0.6 is 23.2 Å². The highest BCUT2D eigenvalue weighted by atomic mass is 35.5. The lowest BCUT2D eigenvalue weighted by Gasteiger charge is -2.12. The van der Waals surface area contributed by atoms with Crippen molar-refractivity contribution in [2.24, 2.45) is 10.2 Å². The Balaban J connectivity index is 1.77. The quantitative estimate of drug-likeness (QED) is 0.210. The van der Waals surface area contributed by atoms with Gasteiger partial charge in [0.15, 0.2) is 11.5 Å². The summed E-state index contributed by atoms with van der Waals surface area (Å²) in [5, 5.41) is 31.0. The summed E-state index contributed by atoms with van der Waals surface area (Å²) in [5.41, 5.74) is 1.90. The number of carbonyl (C=O) groups is 1. The summed E-state index contributed by atoms with van der Waals surface area (Å²) in [4.78, 5) is 13.3. The van der Waals surface area contributed by atoms with Crippen LogP contribution in [-0.4, -0.2) is 23.1 Å². The summed E-state index contributed by atoms with van der Waals surface area (Å²) in [6.45, 7) is -0.138. The molecular formula is C26H20Cl2N2O4. The average Bonchev–Trinajstić information content (AvgIpc) is 2.85. The predicted molar refractivity (Wildman–Crippen MR) is 133 cm³/mol. The van der Waals surface area contributed by atoms with Crippen LogP contribution in [0, 0.1) is 0 Å². The number of aromatic hydroxyl groups is 1. The Morgan fingerprint density at radius 3 is 2.56 bits per heavy atom. The van der Waals surface area contributed by atoms with Crippen molar-refractivity contribution in [2.75, 3.05) is 7.11 Å². The molecule has 0 saturated carbocycles. The van der Waals surface area contributed by atoms with Crippen molar-refractivity contribution in [3.8, 4) is 11.5 Å². The molecule has 2 N–H and O–H groups in total. The number of hydrogen-bond donors (Lipinski definition) is 2. The molecule has 0 saturated heterocycles. The molecule has 0 aliphatic rings. The van der Waals surface area contributed by atoms with Crippen LogP contribution in [-0.2, 0) is 13.0 Å². The molecule has 8 heteroatoms. The number of aliphatic hydroxyl groups is 1. The molecule has 0 spiro atoms. The Hall–Kier alpha value is -3.45. The molecule has 0 aromatic heterocycles. The molecule has 4 aromatic carbocycles. The molecule has 0 bridgehead atoms. The predicted octanol–water partition coefficient (Wildman–Crippen LogP) is 7.19. The molecule has 0 atom stereocenters. The van der Waals surface area contributed by atoms with Crippen molar-refractivity contribution in [1.29, 1.82) is 0 Å². The highest BCUT2D eigenvalue weighted by Gasteiger charge is 2.20. The van der Waals surface area contributed by atoms with Gasteiger partial charge in [-0.3, -0.25) is 4.79 Å². The third kappa shape index (κ3) is 4.89. The van der Waals surface area contributed by atoms with Crippen LogP contribution in [0.5, 0.6) is 11.5 Å². The van der Waals surface area contributed by atoms with Crippen LogP contribution in [0.15, 0.2) is 77.0 Å². The number of Topliss-reactive ketones (excluding diaryl/α,β-unsaturated/α-hetero) is 1. The Morgan fingerprint density at radius 2 is 1.79 bits per heavy atom. The molecule has 0 heterocycles. The van der Waals surface area contributed by atoms with E-state index in [1.165, 1.54) is 7.11 Å². The smallest absolute Gasteiger partial charge is 0.171 e. The summed E-state index contributed by atoms with van der Waals surface area (Å²) in [6.07, 6.45) is -0.0164. The molecule has 34 heavy (non-hydrogen) atoms. The summed E-state index contributed by atoms with van der Waals surface area (Å²) >= 11 is 12.2. The second-order valence-corrected chi connectivity index (χ2v) is 8.39. The van der Waals surface area contributed by atoms with E-state index in [4.69, 9.17) is 27.9 Å². The minimum absolute atomic E-state index is 0.0164. The van der Waals surface area contributed by atoms with E-state index in [2.05, 4.69) is 10.2 Å². The number of aliphatic hydroxyl groups excluding tert-OH is 1. The van der Waals surface area contributed by atoms with E-state index in [9.17, 15) is 15.0 Å². The minimum Gasteiger partial charge on any atom is -0.505 e. The van der Waals surface area contributed by atoms with E-state index in [1.807, 2.05) is 18.2 Å². The van der Waals surface area contributed by atoms with Gasteiger partial charge < -0.3 is 14.9 Å². The van der Waals surface area contributed by atoms with E-state index in [0.29, 0.717) is 38.0 Å². The van der Waals surface area contributed by atoms with Gasteiger partial charge in [0, 0.05) is 22.4 Å². The fourth-order valence-corrected chi connectivity index (χ4v) is 3.92. The molecule has 0 unspecified atom stereocenters. The number of fused-ring (bicyclic) bond motifs is 1. The highest BCUT2D eigenvalue weighted by molar-refractivity contribution is 6.35. The van der Waals surface area contributed by atoms with Crippen molar-refractivity contribution in [3.05, 3.63) is 93.5 Å². The first-order valence-electron chi connectivity index (χ1n) is 10.3. The standard InChI is InChI=1S/C26H20Cl2N2O4/c1-34-24-10-15(14-31)6-7-17(24)12-23(32)20-11-16-4-2-3-5-19(16)25(26(20)33)30-29-22-13-18(27)8-9-21(22)28/h2-11,13,31,33H,12,14H2,1H3. The molecule has 4 aromatic rings. The zero-order valence-electron chi connectivity index (χ0n) is 18.1. The SMILES string of the molecule is COc1cc(CO)ccc1CC(=O)c1cc2ccccc2c(N=Nc2cc(Cl)ccc2Cl)c1O. The van der Waals surface area contributed by atoms with Crippen molar-refractivity contribution in [3.63, 3.8) is 0 Å². The molecule has 0 fully saturated rings. The van der Waals surface area contributed by atoms with Gasteiger partial charge in [0.2, 0.25) is 0 Å². The fourth-order valence-electron chi connectivity index (χ4n) is 3.60. The lowest BCUT2D eigenvalue weighted by Crippen LogP contribution is -2.06. The summed E-state index contributed by atoms with van der Waals surface area (Å²) in [5.74, 6) is -0.122. The number of hydrogen-bond acceptors (Lipinski definition) is 6. The highest BCUT2D eigenvalue weighted by Crippen LogP contribution is 2.41. The van der Waals surface area contributed by atoms with Gasteiger partial charge in [0.1, 0.15) is 17.1 Å². The van der Waals surface area contributed by atoms with Crippen LogP contribution in [0.1, 0.15) is 21.5 Å². The van der Waals surface area contributed by atoms with Gasteiger partial charge in [-0.05, 0) is 41.3 Å². The molecule has 0 radical (unpaired) electrons. The molecule has 6 nitrogen and oxygen atoms in total. The van der Waals surface area contributed by atoms with Crippen molar-refractivity contribution >= 4 is 51.1 Å². The van der Waals surface area contributed by atoms with Gasteiger partial charge >= 0.3 is 0 Å². The van der Waals surface area contributed by atoms with Crippen LogP contribution < -0.4 is 4.74 Å². The largest absolute Gasteiger partial charge is 0.505 e. The van der Waals surface area contributed by atoms with Crippen molar-refractivity contribution in [2.45, 2.75) is 13.0 Å². The van der Waals surface area contributed by atoms with E-state index in [-0.39, 0.29) is 35.8 Å². The van der Waals surface area contributed by atoms with E-state index < -0.39 is 0 Å². The van der Waals surface area contributed by atoms with Crippen LogP contribution in [0.4, 0.5) is 11.4 Å². The number of azo groups is 1. The molecule has 172 valence electrons. The number of carbonyl (C=O) groups excluding carboxylic acids is 1. The van der Waals surface area contributed by atoms with Crippen molar-refractivity contribution in [1.82, 2.24) is 0 Å². The first kappa shape index (κ1) is 23.7. The summed E-state index contributed by atoms with van der Waals surface area (Å²) in [6, 6.07) is 18.8. The fraction of sp³-hybridized carbons (Fsp3) is 0.115. The number of phenols is 1. The second kappa shape index (κ2) is 10.2. The van der Waals surface area contributed by atoms with E-state index in [1.54, 1.807) is 48.5 Å². The number of methoxy groups -OCH3 is 1.